The van der Waals surface area contributed by atoms with E-state index < -0.39 is 0 Å². The Bertz CT molecular complexity index is 208. The summed E-state index contributed by atoms with van der Waals surface area (Å²) in [5.74, 6) is 0.812. The van der Waals surface area contributed by atoms with Crippen LogP contribution in [0.4, 0.5) is 0 Å². The van der Waals surface area contributed by atoms with Crippen LogP contribution >= 0.6 is 0 Å². The molecule has 0 atom stereocenters. The smallest absolute Gasteiger partial charge is 0.194 e. The summed E-state index contributed by atoms with van der Waals surface area (Å²) in [6.45, 7) is 2.76. The van der Waals surface area contributed by atoms with Crippen LogP contribution in [-0.2, 0) is 12.8 Å². The van der Waals surface area contributed by atoms with Gasteiger partial charge in [0.2, 0.25) is 0 Å². The largest absolute Gasteiger partial charge is 0.449 e. The summed E-state index contributed by atoms with van der Waals surface area (Å²) in [6.07, 6.45) is 4.46. The van der Waals surface area contributed by atoms with Gasteiger partial charge in [-0.05, 0) is 19.4 Å². The van der Waals surface area contributed by atoms with E-state index in [1.807, 2.05) is 0 Å². The van der Waals surface area contributed by atoms with Gasteiger partial charge in [-0.2, -0.15) is 0 Å². The Hall–Kier alpha value is -0.830. The highest BCUT2D eigenvalue weighted by Gasteiger charge is 2.00. The number of hydrogen-bond donors (Lipinski definition) is 1. The molecule has 0 saturated carbocycles. The Morgan fingerprint density at radius 1 is 1.64 bits per heavy atom. The SMILES string of the molecule is CCc1coc(CCCN)n1. The highest BCUT2D eigenvalue weighted by molar-refractivity contribution is 4.95. The summed E-state index contributed by atoms with van der Waals surface area (Å²) in [6, 6.07) is 0. The Balaban J connectivity index is 2.44. The first-order valence-corrected chi connectivity index (χ1v) is 4.00. The van der Waals surface area contributed by atoms with Crippen LogP contribution in [0.3, 0.4) is 0 Å². The average molecular weight is 154 g/mol. The molecule has 3 nitrogen and oxygen atoms in total. The summed E-state index contributed by atoms with van der Waals surface area (Å²) in [7, 11) is 0. The van der Waals surface area contributed by atoms with Crippen LogP contribution in [-0.4, -0.2) is 11.5 Å². The van der Waals surface area contributed by atoms with Gasteiger partial charge in [0.15, 0.2) is 5.89 Å². The second-order valence-electron chi connectivity index (χ2n) is 2.48. The normalized spacial score (nSPS) is 10.4. The monoisotopic (exact) mass is 154 g/mol. The van der Waals surface area contributed by atoms with Crippen LogP contribution < -0.4 is 5.73 Å². The molecule has 0 amide bonds. The van der Waals surface area contributed by atoms with Crippen LogP contribution in [0.25, 0.3) is 0 Å². The molecule has 1 aromatic rings. The number of nitrogens with zero attached hydrogens (tertiary/aromatic N) is 1. The van der Waals surface area contributed by atoms with Gasteiger partial charge in [-0.15, -0.1) is 0 Å². The minimum absolute atomic E-state index is 0.698. The summed E-state index contributed by atoms with van der Waals surface area (Å²) in [5, 5.41) is 0. The van der Waals surface area contributed by atoms with Crippen molar-refractivity contribution in [3.8, 4) is 0 Å². The van der Waals surface area contributed by atoms with E-state index in [1.54, 1.807) is 6.26 Å². The molecule has 1 aromatic heterocycles. The molecular weight excluding hydrogens is 140 g/mol. The molecular formula is C8H14N2O. The molecule has 0 aliphatic heterocycles. The Morgan fingerprint density at radius 3 is 3.00 bits per heavy atom. The maximum absolute atomic E-state index is 5.35. The summed E-state index contributed by atoms with van der Waals surface area (Å²) >= 11 is 0. The fraction of sp³-hybridized carbons (Fsp3) is 0.625. The van der Waals surface area contributed by atoms with E-state index in [2.05, 4.69) is 11.9 Å². The summed E-state index contributed by atoms with van der Waals surface area (Å²) in [5.41, 5.74) is 6.37. The van der Waals surface area contributed by atoms with Gasteiger partial charge in [-0.1, -0.05) is 6.92 Å². The molecule has 0 unspecified atom stereocenters. The predicted molar refractivity (Wildman–Crippen MR) is 43.3 cm³/mol. The molecule has 0 bridgehead atoms. The molecule has 0 spiro atoms. The van der Waals surface area contributed by atoms with Crippen LogP contribution in [0.5, 0.6) is 0 Å². The molecule has 2 N–H and O–H groups in total. The number of rotatable bonds is 4. The predicted octanol–water partition coefficient (Wildman–Crippen LogP) is 1.13. The van der Waals surface area contributed by atoms with E-state index >= 15 is 0 Å². The van der Waals surface area contributed by atoms with Gasteiger partial charge < -0.3 is 10.2 Å². The van der Waals surface area contributed by atoms with Crippen LogP contribution in [0.2, 0.25) is 0 Å². The molecule has 0 aromatic carbocycles. The third-order valence-corrected chi connectivity index (χ3v) is 1.56. The fourth-order valence-corrected chi connectivity index (χ4v) is 0.879. The van der Waals surface area contributed by atoms with Crippen molar-refractivity contribution >= 4 is 0 Å². The lowest BCUT2D eigenvalue weighted by Gasteiger charge is -1.89. The van der Waals surface area contributed by atoms with E-state index in [1.165, 1.54) is 0 Å². The number of oxazole rings is 1. The van der Waals surface area contributed by atoms with Gasteiger partial charge >= 0.3 is 0 Å². The molecule has 0 aliphatic carbocycles. The number of nitrogens with two attached hydrogens (primary N) is 1. The first kappa shape index (κ1) is 8.27. The molecule has 1 rings (SSSR count). The third-order valence-electron chi connectivity index (χ3n) is 1.56. The fourth-order valence-electron chi connectivity index (χ4n) is 0.879. The van der Waals surface area contributed by atoms with Crippen molar-refractivity contribution < 1.29 is 4.42 Å². The van der Waals surface area contributed by atoms with Gasteiger partial charge in [0.05, 0.1) is 5.69 Å². The lowest BCUT2D eigenvalue weighted by Crippen LogP contribution is -2.00. The van der Waals surface area contributed by atoms with Crippen molar-refractivity contribution in [2.45, 2.75) is 26.2 Å². The third kappa shape index (κ3) is 2.35. The van der Waals surface area contributed by atoms with E-state index in [0.717, 1.165) is 30.8 Å². The van der Waals surface area contributed by atoms with Crippen molar-refractivity contribution in [2.75, 3.05) is 6.54 Å². The molecule has 11 heavy (non-hydrogen) atoms. The molecule has 3 heteroatoms. The molecule has 0 saturated heterocycles. The minimum atomic E-state index is 0.698. The van der Waals surface area contributed by atoms with Crippen molar-refractivity contribution in [3.63, 3.8) is 0 Å². The van der Waals surface area contributed by atoms with Gasteiger partial charge in [0.25, 0.3) is 0 Å². The first-order valence-electron chi connectivity index (χ1n) is 4.00. The zero-order valence-corrected chi connectivity index (χ0v) is 6.84. The second kappa shape index (κ2) is 4.13. The lowest BCUT2D eigenvalue weighted by atomic mass is 10.3. The maximum atomic E-state index is 5.35. The zero-order valence-electron chi connectivity index (χ0n) is 6.84. The summed E-state index contributed by atoms with van der Waals surface area (Å²) < 4.78 is 5.19. The molecule has 0 aliphatic rings. The van der Waals surface area contributed by atoms with Crippen LogP contribution in [0.15, 0.2) is 10.7 Å². The van der Waals surface area contributed by atoms with Crippen molar-refractivity contribution in [1.82, 2.24) is 4.98 Å². The van der Waals surface area contributed by atoms with E-state index in [4.69, 9.17) is 10.2 Å². The minimum Gasteiger partial charge on any atom is -0.449 e. The molecule has 0 fully saturated rings. The number of hydrogen-bond acceptors (Lipinski definition) is 3. The van der Waals surface area contributed by atoms with Crippen LogP contribution in [0.1, 0.15) is 24.9 Å². The Kier molecular flexibility index (Phi) is 3.11. The van der Waals surface area contributed by atoms with Crippen LogP contribution in [0, 0.1) is 0 Å². The van der Waals surface area contributed by atoms with Crippen molar-refractivity contribution in [3.05, 3.63) is 17.8 Å². The molecule has 62 valence electrons. The number of aromatic nitrogens is 1. The average Bonchev–Trinajstić information content (AvgIpc) is 2.48. The molecule has 1 heterocycles. The second-order valence-corrected chi connectivity index (χ2v) is 2.48. The highest BCUT2D eigenvalue weighted by atomic mass is 16.3. The van der Waals surface area contributed by atoms with Crippen molar-refractivity contribution in [1.29, 1.82) is 0 Å². The van der Waals surface area contributed by atoms with Gasteiger partial charge in [0, 0.05) is 6.42 Å². The zero-order chi connectivity index (χ0) is 8.10. The standard InChI is InChI=1S/C8H14N2O/c1-2-7-6-11-8(10-7)4-3-5-9/h6H,2-5,9H2,1H3. The first-order chi connectivity index (χ1) is 5.36. The quantitative estimate of drug-likeness (QED) is 0.707. The van der Waals surface area contributed by atoms with Crippen molar-refractivity contribution in [2.24, 2.45) is 5.73 Å². The van der Waals surface area contributed by atoms with Gasteiger partial charge in [-0.3, -0.25) is 0 Å². The lowest BCUT2D eigenvalue weighted by molar-refractivity contribution is 0.488. The molecule has 0 radical (unpaired) electrons. The Labute approximate surface area is 66.6 Å². The van der Waals surface area contributed by atoms with E-state index in [-0.39, 0.29) is 0 Å². The summed E-state index contributed by atoms with van der Waals surface area (Å²) in [4.78, 5) is 4.24. The van der Waals surface area contributed by atoms with Gasteiger partial charge in [0.1, 0.15) is 6.26 Å². The highest BCUT2D eigenvalue weighted by Crippen LogP contribution is 2.04. The Morgan fingerprint density at radius 2 is 2.45 bits per heavy atom. The van der Waals surface area contributed by atoms with Gasteiger partial charge in [-0.25, -0.2) is 4.98 Å². The van der Waals surface area contributed by atoms with E-state index in [0.29, 0.717) is 6.54 Å². The van der Waals surface area contributed by atoms with E-state index in [9.17, 15) is 0 Å². The maximum Gasteiger partial charge on any atom is 0.194 e. The topological polar surface area (TPSA) is 52.0 Å². The number of aryl methyl sites for hydroxylation is 2.